The Hall–Kier alpha value is -2.20. The topological polar surface area (TPSA) is 38.7 Å². The summed E-state index contributed by atoms with van der Waals surface area (Å²) in [5.41, 5.74) is 1.51. The van der Waals surface area contributed by atoms with Gasteiger partial charge >= 0.3 is 5.97 Å². The molecule has 0 bridgehead atoms. The number of nitrogens with zero attached hydrogens (tertiary/aromatic N) is 1. The van der Waals surface area contributed by atoms with E-state index in [-0.39, 0.29) is 0 Å². The van der Waals surface area contributed by atoms with Crippen molar-refractivity contribution in [2.75, 3.05) is 0 Å². The zero-order chi connectivity index (χ0) is 13.5. The number of rotatable bonds is 4. The maximum atomic E-state index is 10.9. The van der Waals surface area contributed by atoms with E-state index in [1.807, 2.05) is 60.0 Å². The molecule has 0 fully saturated rings. The molecule has 19 heavy (non-hydrogen) atoms. The van der Waals surface area contributed by atoms with Crippen molar-refractivity contribution in [3.63, 3.8) is 0 Å². The van der Waals surface area contributed by atoms with Crippen LogP contribution in [0.4, 0.5) is 0 Å². The minimum absolute atomic E-state index is 0.432. The monoisotopic (exact) mass is 271 g/mol. The van der Waals surface area contributed by atoms with Crippen LogP contribution in [0.15, 0.2) is 59.1 Å². The first-order chi connectivity index (χ1) is 9.25. The molecule has 0 saturated heterocycles. The Morgan fingerprint density at radius 1 is 1.21 bits per heavy atom. The zero-order valence-electron chi connectivity index (χ0n) is 10.4. The normalized spacial score (nSPS) is 11.7. The number of carbonyl (C=O) groups excluding carboxylic acids is 1. The number of carbonyl (C=O) groups is 1. The van der Waals surface area contributed by atoms with Crippen molar-refractivity contribution in [2.45, 2.75) is 6.92 Å². The summed E-state index contributed by atoms with van der Waals surface area (Å²) >= 11 is 1.63. The molecule has 1 aromatic heterocycles. The number of oxime groups is 1. The van der Waals surface area contributed by atoms with Gasteiger partial charge in [-0.05, 0) is 23.6 Å². The molecule has 0 saturated carbocycles. The second kappa shape index (κ2) is 6.66. The summed E-state index contributed by atoms with van der Waals surface area (Å²) in [7, 11) is 0. The zero-order valence-corrected chi connectivity index (χ0v) is 11.3. The van der Waals surface area contributed by atoms with Gasteiger partial charge in [0.05, 0.1) is 0 Å². The van der Waals surface area contributed by atoms with Gasteiger partial charge in [0.2, 0.25) is 0 Å². The Bertz CT molecular complexity index is 586. The van der Waals surface area contributed by atoms with Crippen LogP contribution in [-0.4, -0.2) is 11.7 Å². The molecule has 0 unspecified atom stereocenters. The highest BCUT2D eigenvalue weighted by molar-refractivity contribution is 7.10. The number of allylic oxidation sites excluding steroid dienone is 1. The van der Waals surface area contributed by atoms with Crippen LogP contribution in [0.5, 0.6) is 0 Å². The van der Waals surface area contributed by atoms with E-state index in [1.54, 1.807) is 11.3 Å². The maximum Gasteiger partial charge on any atom is 0.332 e. The van der Waals surface area contributed by atoms with E-state index >= 15 is 0 Å². The van der Waals surface area contributed by atoms with Crippen LogP contribution in [0, 0.1) is 0 Å². The van der Waals surface area contributed by atoms with Crippen LogP contribution in [0.1, 0.15) is 17.4 Å². The average molecular weight is 271 g/mol. The molecule has 1 heterocycles. The lowest BCUT2D eigenvalue weighted by atomic mass is 10.1. The van der Waals surface area contributed by atoms with E-state index in [0.717, 1.165) is 10.4 Å². The van der Waals surface area contributed by atoms with Gasteiger partial charge in [-0.15, -0.1) is 11.3 Å². The van der Waals surface area contributed by atoms with Gasteiger partial charge in [0.1, 0.15) is 5.71 Å². The standard InChI is InChI=1S/C15H13NO2S/c1-12(17)18-16-15(13-6-3-2-4-7-13)10-9-14-8-5-11-19-14/h2-11H,1H3/b10-9+,16-15+. The third-order valence-corrected chi connectivity index (χ3v) is 3.13. The molecule has 0 atom stereocenters. The van der Waals surface area contributed by atoms with E-state index in [0.29, 0.717) is 5.71 Å². The summed E-state index contributed by atoms with van der Waals surface area (Å²) in [5, 5.41) is 5.88. The Labute approximate surface area is 115 Å². The quantitative estimate of drug-likeness (QED) is 0.483. The number of hydrogen-bond donors (Lipinski definition) is 0. The number of hydrogen-bond acceptors (Lipinski definition) is 4. The van der Waals surface area contributed by atoms with E-state index in [4.69, 9.17) is 4.84 Å². The van der Waals surface area contributed by atoms with Gasteiger partial charge in [-0.1, -0.05) is 41.6 Å². The highest BCUT2D eigenvalue weighted by Crippen LogP contribution is 2.12. The minimum atomic E-state index is -0.432. The van der Waals surface area contributed by atoms with Crippen molar-refractivity contribution < 1.29 is 9.63 Å². The van der Waals surface area contributed by atoms with Gasteiger partial charge in [-0.2, -0.15) is 0 Å². The van der Waals surface area contributed by atoms with E-state index < -0.39 is 5.97 Å². The first-order valence-electron chi connectivity index (χ1n) is 5.78. The first-order valence-corrected chi connectivity index (χ1v) is 6.66. The first kappa shape index (κ1) is 13.2. The fourth-order valence-electron chi connectivity index (χ4n) is 1.45. The van der Waals surface area contributed by atoms with Crippen LogP contribution in [-0.2, 0) is 9.63 Å². The predicted molar refractivity (Wildman–Crippen MR) is 78.1 cm³/mol. The molecule has 0 aliphatic carbocycles. The maximum absolute atomic E-state index is 10.9. The Morgan fingerprint density at radius 2 is 2.00 bits per heavy atom. The van der Waals surface area contributed by atoms with Crippen molar-refractivity contribution >= 4 is 29.1 Å². The van der Waals surface area contributed by atoms with Crippen molar-refractivity contribution in [3.05, 3.63) is 64.4 Å². The third kappa shape index (κ3) is 4.19. The summed E-state index contributed by atoms with van der Waals surface area (Å²) < 4.78 is 0. The van der Waals surface area contributed by atoms with Gasteiger partial charge in [-0.3, -0.25) is 0 Å². The lowest BCUT2D eigenvalue weighted by Crippen LogP contribution is -2.00. The number of thiophene rings is 1. The Kier molecular flexibility index (Phi) is 4.64. The van der Waals surface area contributed by atoms with Gasteiger partial charge in [0.15, 0.2) is 0 Å². The van der Waals surface area contributed by atoms with Crippen LogP contribution in [0.25, 0.3) is 6.08 Å². The van der Waals surface area contributed by atoms with Crippen molar-refractivity contribution in [2.24, 2.45) is 5.16 Å². The lowest BCUT2D eigenvalue weighted by molar-refractivity contribution is -0.140. The van der Waals surface area contributed by atoms with Gasteiger partial charge in [0, 0.05) is 17.4 Å². The molecule has 0 amide bonds. The average Bonchev–Trinajstić information content (AvgIpc) is 2.93. The minimum Gasteiger partial charge on any atom is -0.318 e. The summed E-state index contributed by atoms with van der Waals surface area (Å²) in [4.78, 5) is 16.7. The van der Waals surface area contributed by atoms with E-state index in [1.165, 1.54) is 6.92 Å². The van der Waals surface area contributed by atoms with Crippen molar-refractivity contribution in [1.29, 1.82) is 0 Å². The second-order valence-corrected chi connectivity index (χ2v) is 4.75. The lowest BCUT2D eigenvalue weighted by Gasteiger charge is -2.00. The summed E-state index contributed by atoms with van der Waals surface area (Å²) in [5.74, 6) is -0.432. The fourth-order valence-corrected chi connectivity index (χ4v) is 2.07. The third-order valence-electron chi connectivity index (χ3n) is 2.29. The summed E-state index contributed by atoms with van der Waals surface area (Å²) in [6.45, 7) is 1.33. The molecular weight excluding hydrogens is 258 g/mol. The second-order valence-electron chi connectivity index (χ2n) is 3.77. The van der Waals surface area contributed by atoms with Crippen molar-refractivity contribution in [1.82, 2.24) is 0 Å². The van der Waals surface area contributed by atoms with Crippen LogP contribution >= 0.6 is 11.3 Å². The van der Waals surface area contributed by atoms with Gasteiger partial charge in [-0.25, -0.2) is 4.79 Å². The van der Waals surface area contributed by atoms with E-state index in [2.05, 4.69) is 5.16 Å². The summed E-state index contributed by atoms with van der Waals surface area (Å²) in [6.07, 6.45) is 3.78. The molecule has 4 heteroatoms. The smallest absolute Gasteiger partial charge is 0.318 e. The fraction of sp³-hybridized carbons (Fsp3) is 0.0667. The molecule has 0 N–H and O–H groups in total. The molecule has 3 nitrogen and oxygen atoms in total. The molecule has 1 aromatic carbocycles. The Morgan fingerprint density at radius 3 is 2.63 bits per heavy atom. The molecule has 0 aliphatic heterocycles. The van der Waals surface area contributed by atoms with Gasteiger partial charge in [0.25, 0.3) is 0 Å². The number of benzene rings is 1. The SMILES string of the molecule is CC(=O)O/N=C(\C=C\c1cccs1)c1ccccc1. The Balaban J connectivity index is 2.25. The predicted octanol–water partition coefficient (Wildman–Crippen LogP) is 3.73. The molecule has 96 valence electrons. The van der Waals surface area contributed by atoms with E-state index in [9.17, 15) is 4.79 Å². The molecule has 0 radical (unpaired) electrons. The van der Waals surface area contributed by atoms with Crippen LogP contribution < -0.4 is 0 Å². The summed E-state index contributed by atoms with van der Waals surface area (Å²) in [6, 6.07) is 13.6. The largest absolute Gasteiger partial charge is 0.332 e. The highest BCUT2D eigenvalue weighted by Gasteiger charge is 2.01. The van der Waals surface area contributed by atoms with Crippen LogP contribution in [0.3, 0.4) is 0 Å². The van der Waals surface area contributed by atoms with Crippen LogP contribution in [0.2, 0.25) is 0 Å². The molecular formula is C15H13NO2S. The molecule has 2 aromatic rings. The molecule has 0 aliphatic rings. The highest BCUT2D eigenvalue weighted by atomic mass is 32.1. The molecule has 0 spiro atoms. The molecule has 2 rings (SSSR count). The van der Waals surface area contributed by atoms with Crippen molar-refractivity contribution in [3.8, 4) is 0 Å². The van der Waals surface area contributed by atoms with Gasteiger partial charge < -0.3 is 4.84 Å².